The van der Waals surface area contributed by atoms with Crippen LogP contribution in [0.1, 0.15) is 119 Å². The third kappa shape index (κ3) is 5.58. The summed E-state index contributed by atoms with van der Waals surface area (Å²) in [5.41, 5.74) is -1.16. The molecule has 16 atom stereocenters. The van der Waals surface area contributed by atoms with Gasteiger partial charge in [0.1, 0.15) is 0 Å². The van der Waals surface area contributed by atoms with Gasteiger partial charge in [0.05, 0.1) is 12.2 Å². The third-order valence-electron chi connectivity index (χ3n) is 15.9. The number of fused-ring (bicyclic) bond motifs is 4. The van der Waals surface area contributed by atoms with Gasteiger partial charge in [-0.3, -0.25) is 9.59 Å². The van der Waals surface area contributed by atoms with E-state index in [4.69, 9.17) is 38.5 Å². The summed E-state index contributed by atoms with van der Waals surface area (Å²) in [6.07, 6.45) is 9.00. The first-order chi connectivity index (χ1) is 24.9. The van der Waals surface area contributed by atoms with Crippen molar-refractivity contribution in [2.24, 2.45) is 47.3 Å². The lowest BCUT2D eigenvalue weighted by atomic mass is 9.57. The molecular weight excluding hydrogens is 668 g/mol. The lowest BCUT2D eigenvalue weighted by Crippen LogP contribution is -2.70. The van der Waals surface area contributed by atoms with Crippen molar-refractivity contribution in [3.63, 3.8) is 0 Å². The highest BCUT2D eigenvalue weighted by Crippen LogP contribution is 2.62. The summed E-state index contributed by atoms with van der Waals surface area (Å²) in [5.74, 6) is 1.32. The van der Waals surface area contributed by atoms with Crippen LogP contribution in [0.4, 0.5) is 0 Å². The molecule has 0 N–H and O–H groups in total. The van der Waals surface area contributed by atoms with E-state index in [2.05, 4.69) is 27.7 Å². The summed E-state index contributed by atoms with van der Waals surface area (Å²) < 4.78 is 26.5. The molecule has 2 aliphatic carbocycles. The topological polar surface area (TPSA) is 114 Å². The van der Waals surface area contributed by atoms with Crippen LogP contribution in [-0.2, 0) is 48.1 Å². The summed E-state index contributed by atoms with van der Waals surface area (Å²) in [6, 6.07) is 0. The Labute approximate surface area is 309 Å². The molecule has 292 valence electrons. The molecule has 11 aliphatic rings. The number of ether oxygens (including phenoxy) is 4. The fourth-order valence-corrected chi connectivity index (χ4v) is 12.7. The van der Waals surface area contributed by atoms with Crippen molar-refractivity contribution >= 4 is 11.8 Å². The van der Waals surface area contributed by atoms with Crippen LogP contribution >= 0.6 is 0 Å². The number of carbonyl (C=O) groups is 2. The molecule has 11 fully saturated rings. The summed E-state index contributed by atoms with van der Waals surface area (Å²) in [4.78, 5) is 55.4. The number of hydrogen-bond donors (Lipinski definition) is 0. The number of piperazine rings is 1. The number of amides is 2. The van der Waals surface area contributed by atoms with Crippen molar-refractivity contribution < 1.29 is 48.1 Å². The molecular formula is C40H62N2O10. The quantitative estimate of drug-likeness (QED) is 0.315. The molecule has 0 aromatic heterocycles. The highest BCUT2D eigenvalue weighted by atomic mass is 17.3. The summed E-state index contributed by atoms with van der Waals surface area (Å²) in [5, 5.41) is 0. The van der Waals surface area contributed by atoms with Crippen molar-refractivity contribution in [2.45, 2.75) is 166 Å². The van der Waals surface area contributed by atoms with Gasteiger partial charge in [-0.25, -0.2) is 19.6 Å². The van der Waals surface area contributed by atoms with E-state index < -0.39 is 35.4 Å². The smallest absolute Gasteiger partial charge is 0.222 e. The number of rotatable bonds is 6. The van der Waals surface area contributed by atoms with E-state index in [0.29, 0.717) is 75.5 Å². The Morgan fingerprint density at radius 1 is 0.558 bits per heavy atom. The van der Waals surface area contributed by atoms with E-state index in [1.165, 1.54) is 0 Å². The van der Waals surface area contributed by atoms with Crippen LogP contribution in [0, 0.1) is 47.3 Å². The van der Waals surface area contributed by atoms with Crippen molar-refractivity contribution in [2.75, 3.05) is 26.2 Å². The monoisotopic (exact) mass is 730 g/mol. The van der Waals surface area contributed by atoms with Crippen LogP contribution in [0.25, 0.3) is 0 Å². The molecule has 2 spiro atoms. The summed E-state index contributed by atoms with van der Waals surface area (Å²) >= 11 is 0. The molecule has 0 aromatic carbocycles. The second-order valence-electron chi connectivity index (χ2n) is 18.7. The molecule has 9 aliphatic heterocycles. The highest BCUT2D eigenvalue weighted by molar-refractivity contribution is 5.78. The Kier molecular flexibility index (Phi) is 9.14. The first-order valence-corrected chi connectivity index (χ1v) is 20.8. The van der Waals surface area contributed by atoms with E-state index in [0.717, 1.165) is 51.4 Å². The largest absolute Gasteiger partial charge is 0.346 e. The van der Waals surface area contributed by atoms with Gasteiger partial charge in [-0.1, -0.05) is 27.7 Å². The van der Waals surface area contributed by atoms with Gasteiger partial charge >= 0.3 is 0 Å². The second-order valence-corrected chi connectivity index (χ2v) is 18.7. The Morgan fingerprint density at radius 3 is 1.37 bits per heavy atom. The van der Waals surface area contributed by atoms with E-state index in [9.17, 15) is 9.59 Å². The average molecular weight is 731 g/mol. The van der Waals surface area contributed by atoms with Gasteiger partial charge < -0.3 is 28.7 Å². The molecule has 9 saturated heterocycles. The molecule has 0 aromatic rings. The van der Waals surface area contributed by atoms with Crippen LogP contribution < -0.4 is 0 Å². The molecule has 11 rings (SSSR count). The van der Waals surface area contributed by atoms with Gasteiger partial charge in [0.2, 0.25) is 23.4 Å². The average Bonchev–Trinajstić information content (AvgIpc) is 3.51. The van der Waals surface area contributed by atoms with E-state index in [1.807, 2.05) is 23.6 Å². The van der Waals surface area contributed by atoms with Crippen molar-refractivity contribution in [3.8, 4) is 0 Å². The maximum atomic E-state index is 13.5. The summed E-state index contributed by atoms with van der Waals surface area (Å²) in [7, 11) is 0. The van der Waals surface area contributed by atoms with Crippen LogP contribution in [0.15, 0.2) is 0 Å². The molecule has 0 radical (unpaired) electrons. The van der Waals surface area contributed by atoms with Gasteiger partial charge in [0.15, 0.2) is 23.8 Å². The minimum atomic E-state index is -0.802. The Balaban J connectivity index is 0.770. The van der Waals surface area contributed by atoms with Crippen molar-refractivity contribution in [3.05, 3.63) is 0 Å². The van der Waals surface area contributed by atoms with Crippen LogP contribution in [0.3, 0.4) is 0 Å². The first-order valence-electron chi connectivity index (χ1n) is 20.8. The SMILES string of the molecule is C[C@H]1[C@@H](CCC(=O)N2CCN(C(=O)CC[C@H]3O[C@@H]4O[C@]5(C)CC[C@H]6[C@H](C)CC[C@@H]([C@H]3C)[C@@]46OO5)CC2)O[C@@H]2O[C@]3(C)CC[C@H]4[C@H](C)CC[C@@H]1[C@@]24OO3. The lowest BCUT2D eigenvalue weighted by molar-refractivity contribution is -0.571. The Bertz CT molecular complexity index is 1290. The van der Waals surface area contributed by atoms with Gasteiger partial charge in [-0.15, -0.1) is 0 Å². The second kappa shape index (κ2) is 13.1. The molecule has 9 heterocycles. The fraction of sp³-hybridized carbons (Fsp3) is 0.950. The van der Waals surface area contributed by atoms with Crippen molar-refractivity contribution in [1.82, 2.24) is 9.80 Å². The standard InChI is InChI=1S/C40H62N2O10/c1-23-7-9-29-25(3)31(45-35-39(29)27(23)15-17-37(5,47-35)49-51-39)11-13-33(43)41-19-21-42(22-20-41)34(44)14-12-32-26(4)30-10-8-24(2)28-16-18-38(6)48-36(46-32)40(28,30)52-50-38/h23-32,35-36H,7-22H2,1-6H3/t23-,24-,25-,26-,27+,28+,29+,30+,31-,32-,35-,36-,37+,38+,39-,40-/m1/s1. The van der Waals surface area contributed by atoms with E-state index in [1.54, 1.807) is 0 Å². The molecule has 2 saturated carbocycles. The normalized spacial score (nSPS) is 52.3. The maximum absolute atomic E-state index is 13.5. The zero-order chi connectivity index (χ0) is 36.2. The molecule has 2 amide bonds. The lowest BCUT2D eigenvalue weighted by Gasteiger charge is -2.60. The zero-order valence-corrected chi connectivity index (χ0v) is 32.2. The third-order valence-corrected chi connectivity index (χ3v) is 15.9. The molecule has 0 unspecified atom stereocenters. The van der Waals surface area contributed by atoms with Gasteiger partial charge in [-0.2, -0.15) is 0 Å². The highest BCUT2D eigenvalue weighted by Gasteiger charge is 2.70. The number of hydrogen-bond acceptors (Lipinski definition) is 10. The number of nitrogens with zero attached hydrogens (tertiary/aromatic N) is 2. The predicted molar refractivity (Wildman–Crippen MR) is 185 cm³/mol. The first kappa shape index (κ1) is 36.3. The molecule has 12 nitrogen and oxygen atoms in total. The van der Waals surface area contributed by atoms with Crippen LogP contribution in [0.5, 0.6) is 0 Å². The minimum absolute atomic E-state index is 0.0873. The Morgan fingerprint density at radius 2 is 0.962 bits per heavy atom. The fourth-order valence-electron chi connectivity index (χ4n) is 12.7. The summed E-state index contributed by atoms with van der Waals surface area (Å²) in [6.45, 7) is 15.3. The predicted octanol–water partition coefficient (Wildman–Crippen LogP) is 5.72. The van der Waals surface area contributed by atoms with Crippen LogP contribution in [-0.4, -0.2) is 95.4 Å². The number of carbonyl (C=O) groups excluding carboxylic acids is 2. The van der Waals surface area contributed by atoms with E-state index in [-0.39, 0.29) is 47.7 Å². The van der Waals surface area contributed by atoms with Gasteiger partial charge in [-0.05, 0) is 101 Å². The van der Waals surface area contributed by atoms with Crippen LogP contribution in [0.2, 0.25) is 0 Å². The van der Waals surface area contributed by atoms with Gasteiger partial charge in [0, 0.05) is 63.7 Å². The van der Waals surface area contributed by atoms with Gasteiger partial charge in [0.25, 0.3) is 0 Å². The minimum Gasteiger partial charge on any atom is -0.346 e. The van der Waals surface area contributed by atoms with E-state index >= 15 is 0 Å². The van der Waals surface area contributed by atoms with Crippen molar-refractivity contribution in [1.29, 1.82) is 0 Å². The maximum Gasteiger partial charge on any atom is 0.222 e. The molecule has 52 heavy (non-hydrogen) atoms. The Hall–Kier alpha value is -1.38. The zero-order valence-electron chi connectivity index (χ0n) is 32.2. The molecule has 12 heteroatoms. The molecule has 4 bridgehead atoms.